The molecule has 13 heteroatoms. The van der Waals surface area contributed by atoms with Crippen LogP contribution in [-0.2, 0) is 14.8 Å². The molecule has 0 amide bonds. The van der Waals surface area contributed by atoms with E-state index in [9.17, 15) is 13.2 Å². The number of carboxylic acid groups (broad SMARTS) is 1. The van der Waals surface area contributed by atoms with Crippen molar-refractivity contribution in [1.29, 1.82) is 0 Å². The van der Waals surface area contributed by atoms with Crippen LogP contribution in [0.2, 0.25) is 5.02 Å². The van der Waals surface area contributed by atoms with Gasteiger partial charge in [0.05, 0.1) is 34.1 Å². The summed E-state index contributed by atoms with van der Waals surface area (Å²) in [4.78, 5) is 15.7. The van der Waals surface area contributed by atoms with Crippen LogP contribution in [0, 0.1) is 11.8 Å². The van der Waals surface area contributed by atoms with E-state index in [0.717, 1.165) is 25.8 Å². The number of nitrogens with one attached hydrogen (secondary N) is 3. The van der Waals surface area contributed by atoms with Gasteiger partial charge in [-0.3, -0.25) is 9.52 Å². The molecule has 1 saturated heterocycles. The maximum absolute atomic E-state index is 12.6. The molecule has 1 aromatic carbocycles. The fraction of sp³-hybridized carbons (Fsp3) is 0.517. The van der Waals surface area contributed by atoms with Crippen LogP contribution in [0.5, 0.6) is 0 Å². The van der Waals surface area contributed by atoms with E-state index in [1.807, 2.05) is 18.2 Å². The minimum Gasteiger partial charge on any atom is -0.481 e. The molecule has 4 N–H and O–H groups in total. The molecule has 42 heavy (non-hydrogen) atoms. The third kappa shape index (κ3) is 7.11. The van der Waals surface area contributed by atoms with Gasteiger partial charge in [0.2, 0.25) is 21.8 Å². The molecule has 3 aromatic rings. The Morgan fingerprint density at radius 3 is 2.71 bits per heavy atom. The molecular formula is C29H37ClN6O5S. The quantitative estimate of drug-likeness (QED) is 0.194. The topological polar surface area (TPSA) is 159 Å². The van der Waals surface area contributed by atoms with E-state index >= 15 is 0 Å². The summed E-state index contributed by atoms with van der Waals surface area (Å²) in [6.07, 6.45) is 3.46. The summed E-state index contributed by atoms with van der Waals surface area (Å²) in [5.41, 5.74) is 2.14. The molecule has 5 atom stereocenters. The summed E-state index contributed by atoms with van der Waals surface area (Å²) in [7, 11) is -3.69. The van der Waals surface area contributed by atoms with Crippen molar-refractivity contribution in [2.24, 2.45) is 11.8 Å². The number of rotatable bonds is 13. The van der Waals surface area contributed by atoms with Crippen LogP contribution in [0.15, 0.2) is 40.8 Å². The van der Waals surface area contributed by atoms with E-state index in [4.69, 9.17) is 21.1 Å². The zero-order valence-corrected chi connectivity index (χ0v) is 25.3. The fourth-order valence-electron chi connectivity index (χ4n) is 5.62. The lowest BCUT2D eigenvalue weighted by Gasteiger charge is -2.30. The number of halogens is 1. The summed E-state index contributed by atoms with van der Waals surface area (Å²) < 4.78 is 33.9. The molecule has 0 spiro atoms. The number of nitrogens with zero attached hydrogens (tertiary/aromatic N) is 3. The number of sulfonamides is 1. The first-order chi connectivity index (χ1) is 20.2. The monoisotopic (exact) mass is 616 g/mol. The van der Waals surface area contributed by atoms with Crippen molar-refractivity contribution < 1.29 is 22.7 Å². The third-order valence-corrected chi connectivity index (χ3v) is 9.73. The Bertz CT molecular complexity index is 1500. The molecule has 1 unspecified atom stereocenters. The molecular weight excluding hydrogens is 580 g/mol. The molecule has 226 valence electrons. The SMILES string of the molecule is CCS(=O)(=O)Nc1nc(C(NCCCC(=O)O)[C@H]2C[C@@H]2C)cc(-c2nnc([C@H]3NCCC[C@H]3c3ccccc3)o2)c1Cl. The Balaban J connectivity index is 1.51. The summed E-state index contributed by atoms with van der Waals surface area (Å²) >= 11 is 6.77. The minimum absolute atomic E-state index is 0.00522. The number of anilines is 1. The molecule has 2 aliphatic rings. The molecule has 0 bridgehead atoms. The van der Waals surface area contributed by atoms with Crippen LogP contribution in [-0.4, -0.2) is 53.5 Å². The second-order valence-electron chi connectivity index (χ2n) is 11.1. The second kappa shape index (κ2) is 13.1. The van der Waals surface area contributed by atoms with Gasteiger partial charge in [0.15, 0.2) is 5.82 Å². The molecule has 1 aliphatic heterocycles. The van der Waals surface area contributed by atoms with Crippen molar-refractivity contribution in [1.82, 2.24) is 25.8 Å². The predicted molar refractivity (Wildman–Crippen MR) is 160 cm³/mol. The molecule has 2 aromatic heterocycles. The van der Waals surface area contributed by atoms with Crippen LogP contribution in [0.3, 0.4) is 0 Å². The third-order valence-electron chi connectivity index (χ3n) is 8.08. The number of carbonyl (C=O) groups is 1. The highest BCUT2D eigenvalue weighted by Crippen LogP contribution is 2.48. The van der Waals surface area contributed by atoms with Crippen molar-refractivity contribution in [3.05, 3.63) is 58.6 Å². The first-order valence-electron chi connectivity index (χ1n) is 14.4. The number of aromatic nitrogens is 3. The molecule has 1 saturated carbocycles. The average Bonchev–Trinajstić information content (AvgIpc) is 3.49. The molecule has 1 aliphatic carbocycles. The van der Waals surface area contributed by atoms with E-state index in [1.165, 1.54) is 12.5 Å². The van der Waals surface area contributed by atoms with Gasteiger partial charge in [-0.1, -0.05) is 48.9 Å². The van der Waals surface area contributed by atoms with E-state index in [1.54, 1.807) is 6.07 Å². The predicted octanol–water partition coefficient (Wildman–Crippen LogP) is 4.91. The van der Waals surface area contributed by atoms with Crippen molar-refractivity contribution >= 4 is 33.4 Å². The highest BCUT2D eigenvalue weighted by atomic mass is 35.5. The summed E-state index contributed by atoms with van der Waals surface area (Å²) in [6, 6.07) is 11.6. The second-order valence-corrected chi connectivity index (χ2v) is 13.5. The average molecular weight is 617 g/mol. The van der Waals surface area contributed by atoms with Gasteiger partial charge in [0.25, 0.3) is 0 Å². The lowest BCUT2D eigenvalue weighted by atomic mass is 9.85. The van der Waals surface area contributed by atoms with E-state index < -0.39 is 16.0 Å². The Labute approximate surface area is 250 Å². The Morgan fingerprint density at radius 2 is 2.02 bits per heavy atom. The lowest BCUT2D eigenvalue weighted by Crippen LogP contribution is -2.33. The molecule has 5 rings (SSSR count). The van der Waals surface area contributed by atoms with E-state index in [0.29, 0.717) is 36.0 Å². The van der Waals surface area contributed by atoms with Gasteiger partial charge in [-0.25, -0.2) is 13.4 Å². The van der Waals surface area contributed by atoms with Gasteiger partial charge in [-0.15, -0.1) is 10.2 Å². The zero-order valence-electron chi connectivity index (χ0n) is 23.7. The normalized spacial score (nSPS) is 22.9. The van der Waals surface area contributed by atoms with Gasteiger partial charge in [-0.05, 0) is 69.2 Å². The summed E-state index contributed by atoms with van der Waals surface area (Å²) in [6.45, 7) is 4.96. The summed E-state index contributed by atoms with van der Waals surface area (Å²) in [5.74, 6) is 0.426. The van der Waals surface area contributed by atoms with Gasteiger partial charge < -0.3 is 20.2 Å². The number of piperidine rings is 1. The number of benzene rings is 1. The highest BCUT2D eigenvalue weighted by molar-refractivity contribution is 7.92. The highest BCUT2D eigenvalue weighted by Gasteiger charge is 2.41. The smallest absolute Gasteiger partial charge is 0.303 e. The number of hydrogen-bond acceptors (Lipinski definition) is 9. The number of hydrogen-bond donors (Lipinski definition) is 4. The molecule has 0 radical (unpaired) electrons. The molecule has 11 nitrogen and oxygen atoms in total. The van der Waals surface area contributed by atoms with Gasteiger partial charge >= 0.3 is 5.97 Å². The first kappa shape index (κ1) is 30.4. The largest absolute Gasteiger partial charge is 0.481 e. The van der Waals surface area contributed by atoms with Crippen LogP contribution in [0.4, 0.5) is 5.82 Å². The number of aliphatic carboxylic acids is 1. The Morgan fingerprint density at radius 1 is 1.26 bits per heavy atom. The van der Waals surface area contributed by atoms with Gasteiger partial charge in [-0.2, -0.15) is 0 Å². The van der Waals surface area contributed by atoms with Crippen LogP contribution < -0.4 is 15.4 Å². The van der Waals surface area contributed by atoms with Gasteiger partial charge in [0.1, 0.15) is 0 Å². The fourth-order valence-corrected chi connectivity index (χ4v) is 6.48. The molecule has 3 heterocycles. The van der Waals surface area contributed by atoms with Crippen molar-refractivity contribution in [3.8, 4) is 11.5 Å². The number of carboxylic acids is 1. The zero-order chi connectivity index (χ0) is 29.9. The standard InChI is InChI=1S/C29H37ClN6O5S/c1-3-42(39,40)36-27-24(30)21(16-22(33-27)25(20-15-17(20)2)31-14-8-12-23(37)38)28-34-35-29(41-28)26-19(11-7-13-32-26)18-9-5-4-6-10-18/h4-6,9-10,16-17,19-20,25-26,31-32H,3,7-8,11-15H2,1-2H3,(H,33,36)(H,37,38)/t17-,19-,20-,25?,26-/m0/s1. The molecule has 2 fully saturated rings. The van der Waals surface area contributed by atoms with Crippen LogP contribution in [0.1, 0.15) is 81.1 Å². The lowest BCUT2D eigenvalue weighted by molar-refractivity contribution is -0.137. The Kier molecular flexibility index (Phi) is 9.46. The maximum atomic E-state index is 12.6. The summed E-state index contributed by atoms with van der Waals surface area (Å²) in [5, 5.41) is 24.8. The van der Waals surface area contributed by atoms with E-state index in [2.05, 4.69) is 49.6 Å². The van der Waals surface area contributed by atoms with Crippen LogP contribution >= 0.6 is 11.6 Å². The van der Waals surface area contributed by atoms with Gasteiger partial charge in [0, 0.05) is 12.3 Å². The van der Waals surface area contributed by atoms with Crippen LogP contribution in [0.25, 0.3) is 11.5 Å². The Hall–Kier alpha value is -3.06. The van der Waals surface area contributed by atoms with Crippen molar-refractivity contribution in [2.45, 2.75) is 64.0 Å². The number of pyridine rings is 1. The maximum Gasteiger partial charge on any atom is 0.303 e. The van der Waals surface area contributed by atoms with E-state index in [-0.39, 0.29) is 52.8 Å². The minimum atomic E-state index is -3.69. The van der Waals surface area contributed by atoms with Crippen molar-refractivity contribution in [3.63, 3.8) is 0 Å². The van der Waals surface area contributed by atoms with Crippen molar-refractivity contribution in [2.75, 3.05) is 23.6 Å². The first-order valence-corrected chi connectivity index (χ1v) is 16.5.